The number of rotatable bonds is 2. The minimum atomic E-state index is 0.682. The SMILES string of the molecule is CN(c1ccc2ccccc2c1)c1cc(Cl)ccc1N. The van der Waals surface area contributed by atoms with E-state index < -0.39 is 0 Å². The highest BCUT2D eigenvalue weighted by molar-refractivity contribution is 6.31. The maximum absolute atomic E-state index is 6.06. The van der Waals surface area contributed by atoms with E-state index >= 15 is 0 Å². The lowest BCUT2D eigenvalue weighted by Gasteiger charge is -2.22. The third-order valence-corrected chi connectivity index (χ3v) is 3.71. The molecule has 3 rings (SSSR count). The predicted molar refractivity (Wildman–Crippen MR) is 87.9 cm³/mol. The molecule has 0 radical (unpaired) electrons. The molecule has 100 valence electrons. The summed E-state index contributed by atoms with van der Waals surface area (Å²) in [6.07, 6.45) is 0. The van der Waals surface area contributed by atoms with Crippen molar-refractivity contribution in [3.8, 4) is 0 Å². The van der Waals surface area contributed by atoms with Crippen molar-refractivity contribution in [2.45, 2.75) is 0 Å². The van der Waals surface area contributed by atoms with E-state index in [1.807, 2.05) is 36.2 Å². The molecular formula is C17H15ClN2. The summed E-state index contributed by atoms with van der Waals surface area (Å²) in [6, 6.07) is 20.2. The second-order valence-electron chi connectivity index (χ2n) is 4.79. The Kier molecular flexibility index (Phi) is 3.25. The summed E-state index contributed by atoms with van der Waals surface area (Å²) < 4.78 is 0. The number of benzene rings is 3. The van der Waals surface area contributed by atoms with E-state index in [1.165, 1.54) is 10.8 Å². The molecule has 0 heterocycles. The summed E-state index contributed by atoms with van der Waals surface area (Å²) in [4.78, 5) is 2.05. The lowest BCUT2D eigenvalue weighted by atomic mass is 10.1. The van der Waals surface area contributed by atoms with E-state index in [1.54, 1.807) is 6.07 Å². The fraction of sp³-hybridized carbons (Fsp3) is 0.0588. The number of fused-ring (bicyclic) bond motifs is 1. The van der Waals surface area contributed by atoms with Gasteiger partial charge in [-0.2, -0.15) is 0 Å². The summed E-state index contributed by atoms with van der Waals surface area (Å²) >= 11 is 6.06. The molecule has 0 saturated heterocycles. The number of hydrogen-bond acceptors (Lipinski definition) is 2. The van der Waals surface area contributed by atoms with Gasteiger partial charge in [-0.05, 0) is 41.1 Å². The van der Waals surface area contributed by atoms with E-state index in [9.17, 15) is 0 Å². The largest absolute Gasteiger partial charge is 0.397 e. The average Bonchev–Trinajstić information content (AvgIpc) is 2.48. The van der Waals surface area contributed by atoms with Crippen LogP contribution in [0.5, 0.6) is 0 Å². The Bertz CT molecular complexity index is 768. The standard InChI is InChI=1S/C17H15ClN2/c1-20(17-11-14(18)7-9-16(17)19)15-8-6-12-4-2-3-5-13(12)10-15/h2-11H,19H2,1H3. The fourth-order valence-electron chi connectivity index (χ4n) is 2.33. The van der Waals surface area contributed by atoms with Crippen LogP contribution in [0.4, 0.5) is 17.1 Å². The predicted octanol–water partition coefficient (Wildman–Crippen LogP) is 4.84. The molecule has 2 N–H and O–H groups in total. The third kappa shape index (κ3) is 2.30. The zero-order chi connectivity index (χ0) is 14.1. The van der Waals surface area contributed by atoms with Crippen molar-refractivity contribution in [3.63, 3.8) is 0 Å². The number of anilines is 3. The molecule has 0 fully saturated rings. The van der Waals surface area contributed by atoms with Crippen LogP contribution in [0.3, 0.4) is 0 Å². The first-order valence-corrected chi connectivity index (χ1v) is 6.80. The van der Waals surface area contributed by atoms with Crippen molar-refractivity contribution < 1.29 is 0 Å². The van der Waals surface area contributed by atoms with Gasteiger partial charge in [0.15, 0.2) is 0 Å². The Morgan fingerprint density at radius 2 is 1.65 bits per heavy atom. The minimum Gasteiger partial charge on any atom is -0.397 e. The van der Waals surface area contributed by atoms with Gasteiger partial charge < -0.3 is 10.6 Å². The Balaban J connectivity index is 2.07. The van der Waals surface area contributed by atoms with Crippen LogP contribution in [0.2, 0.25) is 5.02 Å². The van der Waals surface area contributed by atoms with Gasteiger partial charge in [-0.1, -0.05) is 41.9 Å². The van der Waals surface area contributed by atoms with Gasteiger partial charge in [0.1, 0.15) is 0 Å². The van der Waals surface area contributed by atoms with Gasteiger partial charge in [0.05, 0.1) is 11.4 Å². The van der Waals surface area contributed by atoms with Crippen molar-refractivity contribution in [1.29, 1.82) is 0 Å². The minimum absolute atomic E-state index is 0.682. The molecule has 3 heteroatoms. The first-order chi connectivity index (χ1) is 9.65. The molecular weight excluding hydrogens is 268 g/mol. The quantitative estimate of drug-likeness (QED) is 0.681. The molecule has 0 aliphatic rings. The highest BCUT2D eigenvalue weighted by Gasteiger charge is 2.08. The van der Waals surface area contributed by atoms with E-state index in [-0.39, 0.29) is 0 Å². The van der Waals surface area contributed by atoms with E-state index in [4.69, 9.17) is 17.3 Å². The summed E-state index contributed by atoms with van der Waals surface area (Å²) in [5.41, 5.74) is 8.74. The normalized spacial score (nSPS) is 10.7. The smallest absolute Gasteiger partial charge is 0.0656 e. The lowest BCUT2D eigenvalue weighted by Crippen LogP contribution is -2.11. The molecule has 0 unspecified atom stereocenters. The van der Waals surface area contributed by atoms with Crippen molar-refractivity contribution >= 4 is 39.4 Å². The van der Waals surface area contributed by atoms with Crippen LogP contribution in [0.15, 0.2) is 60.7 Å². The maximum Gasteiger partial charge on any atom is 0.0656 e. The summed E-state index contributed by atoms with van der Waals surface area (Å²) in [7, 11) is 1.99. The molecule has 0 aromatic heterocycles. The van der Waals surface area contributed by atoms with Gasteiger partial charge in [0.25, 0.3) is 0 Å². The van der Waals surface area contributed by atoms with Gasteiger partial charge in [-0.15, -0.1) is 0 Å². The average molecular weight is 283 g/mol. The Labute approximate surface area is 123 Å². The van der Waals surface area contributed by atoms with Gasteiger partial charge >= 0.3 is 0 Å². The number of hydrogen-bond donors (Lipinski definition) is 1. The molecule has 20 heavy (non-hydrogen) atoms. The molecule has 0 amide bonds. The van der Waals surface area contributed by atoms with Crippen molar-refractivity contribution in [3.05, 3.63) is 65.7 Å². The highest BCUT2D eigenvalue weighted by Crippen LogP contribution is 2.32. The number of nitrogen functional groups attached to an aromatic ring is 1. The lowest BCUT2D eigenvalue weighted by molar-refractivity contribution is 1.22. The van der Waals surface area contributed by atoms with Crippen LogP contribution in [-0.2, 0) is 0 Å². The van der Waals surface area contributed by atoms with Crippen LogP contribution in [-0.4, -0.2) is 7.05 Å². The van der Waals surface area contributed by atoms with Gasteiger partial charge in [-0.25, -0.2) is 0 Å². The van der Waals surface area contributed by atoms with E-state index in [0.29, 0.717) is 10.7 Å². The fourth-order valence-corrected chi connectivity index (χ4v) is 2.50. The summed E-state index contributed by atoms with van der Waals surface area (Å²) in [6.45, 7) is 0. The van der Waals surface area contributed by atoms with Crippen molar-refractivity contribution in [2.24, 2.45) is 0 Å². The molecule has 0 aliphatic carbocycles. The number of nitrogens with two attached hydrogens (primary N) is 1. The first-order valence-electron chi connectivity index (χ1n) is 6.43. The molecule has 0 bridgehead atoms. The van der Waals surface area contributed by atoms with Crippen LogP contribution >= 0.6 is 11.6 Å². The molecule has 3 aromatic carbocycles. The van der Waals surface area contributed by atoms with Crippen LogP contribution in [0.25, 0.3) is 10.8 Å². The Morgan fingerprint density at radius 1 is 0.900 bits per heavy atom. The Hall–Kier alpha value is -2.19. The maximum atomic E-state index is 6.06. The number of nitrogens with zero attached hydrogens (tertiary/aromatic N) is 1. The number of halogens is 1. The third-order valence-electron chi connectivity index (χ3n) is 3.47. The van der Waals surface area contributed by atoms with Gasteiger partial charge in [0.2, 0.25) is 0 Å². The molecule has 0 aliphatic heterocycles. The highest BCUT2D eigenvalue weighted by atomic mass is 35.5. The van der Waals surface area contributed by atoms with Crippen LogP contribution in [0, 0.1) is 0 Å². The first kappa shape index (κ1) is 12.8. The zero-order valence-corrected chi connectivity index (χ0v) is 11.9. The van der Waals surface area contributed by atoms with E-state index in [0.717, 1.165) is 11.4 Å². The van der Waals surface area contributed by atoms with Gasteiger partial charge in [-0.3, -0.25) is 0 Å². The van der Waals surface area contributed by atoms with Crippen molar-refractivity contribution in [1.82, 2.24) is 0 Å². The van der Waals surface area contributed by atoms with Crippen LogP contribution in [0.1, 0.15) is 0 Å². The second-order valence-corrected chi connectivity index (χ2v) is 5.23. The van der Waals surface area contributed by atoms with E-state index in [2.05, 4.69) is 30.3 Å². The molecule has 0 atom stereocenters. The zero-order valence-electron chi connectivity index (χ0n) is 11.2. The molecule has 0 saturated carbocycles. The summed E-state index contributed by atoms with van der Waals surface area (Å²) in [5.74, 6) is 0. The topological polar surface area (TPSA) is 29.3 Å². The van der Waals surface area contributed by atoms with Crippen molar-refractivity contribution in [2.75, 3.05) is 17.7 Å². The molecule has 0 spiro atoms. The monoisotopic (exact) mass is 282 g/mol. The summed E-state index contributed by atoms with van der Waals surface area (Å²) in [5, 5.41) is 3.11. The molecule has 3 aromatic rings. The molecule has 2 nitrogen and oxygen atoms in total. The van der Waals surface area contributed by atoms with Gasteiger partial charge in [0, 0.05) is 17.8 Å². The van der Waals surface area contributed by atoms with Crippen LogP contribution < -0.4 is 10.6 Å². The second kappa shape index (κ2) is 5.06. The Morgan fingerprint density at radius 3 is 2.45 bits per heavy atom.